The fraction of sp³-hybridized carbons (Fsp3) is 0.368. The van der Waals surface area contributed by atoms with Crippen LogP contribution in [0, 0.1) is 5.82 Å². The third-order valence-electron chi connectivity index (χ3n) is 3.94. The average Bonchev–Trinajstić information content (AvgIpc) is 2.65. The topological polar surface area (TPSA) is 52.6 Å². The number of nitrogens with zero attached hydrogens (tertiary/aromatic N) is 3. The van der Waals surface area contributed by atoms with Crippen LogP contribution in [0.5, 0.6) is 0 Å². The van der Waals surface area contributed by atoms with Gasteiger partial charge in [0.2, 0.25) is 0 Å². The van der Waals surface area contributed by atoms with Gasteiger partial charge in [0.15, 0.2) is 5.96 Å². The lowest BCUT2D eigenvalue weighted by molar-refractivity contribution is 0.619. The summed E-state index contributed by atoms with van der Waals surface area (Å²) in [7, 11) is 3.64. The van der Waals surface area contributed by atoms with Crippen molar-refractivity contribution in [3.8, 4) is 0 Å². The summed E-state index contributed by atoms with van der Waals surface area (Å²) in [6, 6.07) is 10.6. The highest BCUT2D eigenvalue weighted by Crippen LogP contribution is 2.16. The molecule has 0 unspecified atom stereocenters. The summed E-state index contributed by atoms with van der Waals surface area (Å²) < 4.78 is 13.7. The Balaban J connectivity index is 0.00000364. The van der Waals surface area contributed by atoms with E-state index in [4.69, 9.17) is 11.6 Å². The molecule has 0 spiro atoms. The van der Waals surface area contributed by atoms with Crippen molar-refractivity contribution in [3.63, 3.8) is 0 Å². The van der Waals surface area contributed by atoms with Gasteiger partial charge in [-0.1, -0.05) is 29.8 Å². The maximum Gasteiger partial charge on any atom is 0.190 e. The minimum Gasteiger partial charge on any atom is -0.372 e. The van der Waals surface area contributed by atoms with E-state index in [1.807, 2.05) is 24.1 Å². The van der Waals surface area contributed by atoms with E-state index in [2.05, 4.69) is 20.6 Å². The Kier molecular flexibility index (Phi) is 11.0. The van der Waals surface area contributed by atoms with E-state index in [9.17, 15) is 4.39 Å². The number of pyridine rings is 1. The number of anilines is 1. The first-order valence-corrected chi connectivity index (χ1v) is 8.98. The molecular weight excluding hydrogens is 480 g/mol. The lowest BCUT2D eigenvalue weighted by Crippen LogP contribution is -2.39. The van der Waals surface area contributed by atoms with Crippen molar-refractivity contribution in [1.29, 1.82) is 0 Å². The smallest absolute Gasteiger partial charge is 0.190 e. The molecule has 1 heterocycles. The number of benzene rings is 1. The Labute approximate surface area is 182 Å². The van der Waals surface area contributed by atoms with Crippen molar-refractivity contribution < 1.29 is 4.39 Å². The third kappa shape index (κ3) is 8.30. The molecule has 0 radical (unpaired) electrons. The predicted octanol–water partition coefficient (Wildman–Crippen LogP) is 3.73. The maximum atomic E-state index is 13.7. The molecule has 0 saturated heterocycles. The summed E-state index contributed by atoms with van der Waals surface area (Å²) in [5.41, 5.74) is 1.73. The largest absolute Gasteiger partial charge is 0.372 e. The SMILES string of the molecule is CN=C(NCCCN(C)c1ccccc1F)NCCc1ccc(Cl)nc1.I. The fourth-order valence-corrected chi connectivity index (χ4v) is 2.62. The molecule has 2 rings (SSSR count). The zero-order chi connectivity index (χ0) is 18.8. The molecule has 27 heavy (non-hydrogen) atoms. The molecule has 0 aliphatic carbocycles. The van der Waals surface area contributed by atoms with Gasteiger partial charge >= 0.3 is 0 Å². The number of nitrogens with one attached hydrogen (secondary N) is 2. The van der Waals surface area contributed by atoms with E-state index in [-0.39, 0.29) is 29.8 Å². The summed E-state index contributed by atoms with van der Waals surface area (Å²) in [6.07, 6.45) is 3.48. The van der Waals surface area contributed by atoms with Gasteiger partial charge in [0.05, 0.1) is 5.69 Å². The highest BCUT2D eigenvalue weighted by Gasteiger charge is 2.06. The number of aliphatic imine (C=N–C) groups is 1. The second kappa shape index (κ2) is 12.7. The Bertz CT molecular complexity index is 712. The van der Waals surface area contributed by atoms with Crippen molar-refractivity contribution in [2.75, 3.05) is 38.6 Å². The molecule has 0 saturated carbocycles. The monoisotopic (exact) mass is 505 g/mol. The van der Waals surface area contributed by atoms with Gasteiger partial charge in [-0.15, -0.1) is 24.0 Å². The second-order valence-electron chi connectivity index (χ2n) is 5.89. The lowest BCUT2D eigenvalue weighted by atomic mass is 10.2. The molecule has 148 valence electrons. The zero-order valence-electron chi connectivity index (χ0n) is 15.6. The van der Waals surface area contributed by atoms with Crippen molar-refractivity contribution in [2.24, 2.45) is 4.99 Å². The number of rotatable bonds is 8. The van der Waals surface area contributed by atoms with Crippen molar-refractivity contribution in [2.45, 2.75) is 12.8 Å². The standard InChI is InChI=1S/C19H25ClFN5.HI/c1-22-19(24-12-10-15-8-9-18(20)25-14-15)23-11-5-13-26(2)17-7-4-3-6-16(17)21;/h3-4,6-9,14H,5,10-13H2,1-2H3,(H2,22,23,24);1H. The van der Waals surface area contributed by atoms with E-state index in [1.54, 1.807) is 31.4 Å². The minimum atomic E-state index is -0.197. The van der Waals surface area contributed by atoms with Crippen LogP contribution in [0.25, 0.3) is 0 Å². The molecule has 0 aliphatic rings. The van der Waals surface area contributed by atoms with E-state index in [0.717, 1.165) is 44.0 Å². The number of para-hydroxylation sites is 1. The summed E-state index contributed by atoms with van der Waals surface area (Å²) in [4.78, 5) is 10.2. The molecule has 2 N–H and O–H groups in total. The molecule has 0 bridgehead atoms. The fourth-order valence-electron chi connectivity index (χ4n) is 2.50. The van der Waals surface area contributed by atoms with Gasteiger partial charge in [0.25, 0.3) is 0 Å². The van der Waals surface area contributed by atoms with Crippen LogP contribution >= 0.6 is 35.6 Å². The molecular formula is C19H26ClFIN5. The number of halogens is 3. The molecule has 5 nitrogen and oxygen atoms in total. The second-order valence-corrected chi connectivity index (χ2v) is 6.28. The van der Waals surface area contributed by atoms with Crippen LogP contribution in [0.1, 0.15) is 12.0 Å². The molecule has 1 aromatic heterocycles. The number of hydrogen-bond donors (Lipinski definition) is 2. The van der Waals surface area contributed by atoms with Crippen molar-refractivity contribution in [1.82, 2.24) is 15.6 Å². The van der Waals surface area contributed by atoms with Gasteiger partial charge in [-0.25, -0.2) is 9.37 Å². The van der Waals surface area contributed by atoms with E-state index < -0.39 is 0 Å². The molecule has 0 amide bonds. The number of hydrogen-bond acceptors (Lipinski definition) is 3. The lowest BCUT2D eigenvalue weighted by Gasteiger charge is -2.20. The van der Waals surface area contributed by atoms with E-state index >= 15 is 0 Å². The molecule has 0 atom stereocenters. The van der Waals surface area contributed by atoms with Crippen LogP contribution in [-0.4, -0.2) is 44.7 Å². The van der Waals surface area contributed by atoms with Crippen LogP contribution < -0.4 is 15.5 Å². The summed E-state index contributed by atoms with van der Waals surface area (Å²) >= 11 is 5.78. The van der Waals surface area contributed by atoms with Gasteiger partial charge in [0.1, 0.15) is 11.0 Å². The first kappa shape index (κ1) is 23.4. The van der Waals surface area contributed by atoms with Gasteiger partial charge in [-0.05, 0) is 36.6 Å². The Hall–Kier alpha value is -1.61. The van der Waals surface area contributed by atoms with Gasteiger partial charge in [0, 0.05) is 39.9 Å². The molecule has 1 aromatic carbocycles. The van der Waals surface area contributed by atoms with Crippen molar-refractivity contribution >= 4 is 47.2 Å². The van der Waals surface area contributed by atoms with Crippen LogP contribution in [0.15, 0.2) is 47.6 Å². The minimum absolute atomic E-state index is 0. The quantitative estimate of drug-likeness (QED) is 0.189. The Morgan fingerprint density at radius 2 is 1.93 bits per heavy atom. The van der Waals surface area contributed by atoms with Crippen LogP contribution in [0.3, 0.4) is 0 Å². The first-order chi connectivity index (χ1) is 12.6. The third-order valence-corrected chi connectivity index (χ3v) is 4.17. The number of guanidine groups is 1. The van der Waals surface area contributed by atoms with E-state index in [0.29, 0.717) is 10.8 Å². The summed E-state index contributed by atoms with van der Waals surface area (Å²) in [5, 5.41) is 7.03. The van der Waals surface area contributed by atoms with E-state index in [1.165, 1.54) is 6.07 Å². The zero-order valence-corrected chi connectivity index (χ0v) is 18.7. The first-order valence-electron chi connectivity index (χ1n) is 8.61. The normalized spacial score (nSPS) is 10.9. The van der Waals surface area contributed by atoms with Gasteiger partial charge < -0.3 is 15.5 Å². The average molecular weight is 506 g/mol. The van der Waals surface area contributed by atoms with Crippen LogP contribution in [0.2, 0.25) is 5.15 Å². The molecule has 0 aliphatic heterocycles. The molecule has 8 heteroatoms. The summed E-state index contributed by atoms with van der Waals surface area (Å²) in [5.74, 6) is 0.553. The Morgan fingerprint density at radius 1 is 1.19 bits per heavy atom. The maximum absolute atomic E-state index is 13.7. The highest BCUT2D eigenvalue weighted by atomic mass is 127. The van der Waals surface area contributed by atoms with Gasteiger partial charge in [-0.2, -0.15) is 0 Å². The predicted molar refractivity (Wildman–Crippen MR) is 122 cm³/mol. The summed E-state index contributed by atoms with van der Waals surface area (Å²) in [6.45, 7) is 2.25. The number of aromatic nitrogens is 1. The Morgan fingerprint density at radius 3 is 2.59 bits per heavy atom. The highest BCUT2D eigenvalue weighted by molar-refractivity contribution is 14.0. The molecule has 2 aromatic rings. The van der Waals surface area contributed by atoms with Crippen LogP contribution in [0.4, 0.5) is 10.1 Å². The van der Waals surface area contributed by atoms with Crippen LogP contribution in [-0.2, 0) is 6.42 Å². The molecule has 0 fully saturated rings. The van der Waals surface area contributed by atoms with Gasteiger partial charge in [-0.3, -0.25) is 4.99 Å². The van der Waals surface area contributed by atoms with Crippen molar-refractivity contribution in [3.05, 3.63) is 59.1 Å².